The molecule has 0 atom stereocenters. The van der Waals surface area contributed by atoms with Crippen molar-refractivity contribution in [3.8, 4) is 6.01 Å². The molecule has 0 saturated carbocycles. The van der Waals surface area contributed by atoms with Gasteiger partial charge in [-0.05, 0) is 0 Å². The van der Waals surface area contributed by atoms with Gasteiger partial charge in [0.1, 0.15) is 0 Å². The topological polar surface area (TPSA) is 146 Å². The van der Waals surface area contributed by atoms with Gasteiger partial charge < -0.3 is 14.9 Å². The second-order valence-corrected chi connectivity index (χ2v) is 3.19. The number of nitrogens with one attached hydrogen (secondary N) is 1. The summed E-state index contributed by atoms with van der Waals surface area (Å²) >= 11 is 0. The van der Waals surface area contributed by atoms with Crippen LogP contribution >= 0.6 is 0 Å². The number of H-pyrrole nitrogens is 1. The van der Waals surface area contributed by atoms with Gasteiger partial charge in [-0.25, -0.2) is 0 Å². The molecule has 1 rings (SSSR count). The van der Waals surface area contributed by atoms with E-state index in [4.69, 9.17) is 14.8 Å². The number of hydrogen-bond donors (Lipinski definition) is 4. The third-order valence-electron chi connectivity index (χ3n) is 0.907. The van der Waals surface area contributed by atoms with Crippen LogP contribution in [0, 0.1) is 0 Å². The second-order valence-electron chi connectivity index (χ2n) is 1.85. The summed E-state index contributed by atoms with van der Waals surface area (Å²) < 4.78 is 33.2. The lowest BCUT2D eigenvalue weighted by Crippen LogP contribution is -2.14. The van der Waals surface area contributed by atoms with Gasteiger partial charge in [-0.15, -0.1) is 5.10 Å². The normalized spacial score (nSPS) is 12.0. The zero-order valence-electron chi connectivity index (χ0n) is 5.95. The molecule has 9 nitrogen and oxygen atoms in total. The number of aliphatic hydroxyl groups excluding tert-OH is 1. The highest BCUT2D eigenvalue weighted by atomic mass is 32.2. The van der Waals surface area contributed by atoms with Gasteiger partial charge >= 0.3 is 22.6 Å². The Morgan fingerprint density at radius 1 is 1.38 bits per heavy atom. The minimum absolute atomic E-state index is 0.539. The lowest BCUT2D eigenvalue weighted by Gasteiger charge is -2.00. The molecule has 0 saturated heterocycles. The van der Waals surface area contributed by atoms with E-state index in [1.807, 2.05) is 4.98 Å². The Morgan fingerprint density at radius 3 is 2.38 bits per heavy atom. The van der Waals surface area contributed by atoms with E-state index in [1.54, 1.807) is 0 Å². The van der Waals surface area contributed by atoms with E-state index in [1.165, 1.54) is 0 Å². The Labute approximate surface area is 71.7 Å². The van der Waals surface area contributed by atoms with Crippen molar-refractivity contribution >= 4 is 10.1 Å². The molecule has 10 heteroatoms. The fourth-order valence-electron chi connectivity index (χ4n) is 0.501. The molecule has 0 aromatic carbocycles. The van der Waals surface area contributed by atoms with E-state index in [-0.39, 0.29) is 0 Å². The SMILES string of the molecule is O=S(=O)(O)c1nnc(OC(O)O)[nH]1. The number of nitrogens with zero attached hydrogens (tertiary/aromatic N) is 2. The average molecular weight is 211 g/mol. The van der Waals surface area contributed by atoms with Gasteiger partial charge in [0.2, 0.25) is 0 Å². The number of aromatic amines is 1. The van der Waals surface area contributed by atoms with Gasteiger partial charge in [-0.1, -0.05) is 5.10 Å². The summed E-state index contributed by atoms with van der Waals surface area (Å²) in [6.07, 6.45) is 0. The van der Waals surface area contributed by atoms with Gasteiger partial charge in [-0.2, -0.15) is 8.42 Å². The molecule has 0 unspecified atom stereocenters. The molecule has 0 amide bonds. The summed E-state index contributed by atoms with van der Waals surface area (Å²) in [6.45, 7) is -2.15. The Bertz CT molecular complexity index is 382. The van der Waals surface area contributed by atoms with E-state index in [9.17, 15) is 8.42 Å². The maximum atomic E-state index is 10.4. The Kier molecular flexibility index (Phi) is 2.47. The number of aromatic nitrogens is 3. The van der Waals surface area contributed by atoms with Crippen LogP contribution in [0.1, 0.15) is 0 Å². The number of rotatable bonds is 3. The van der Waals surface area contributed by atoms with E-state index < -0.39 is 27.8 Å². The second kappa shape index (κ2) is 3.26. The molecule has 0 aliphatic rings. The number of aliphatic hydroxyl groups is 2. The lowest BCUT2D eigenvalue weighted by atomic mass is 11.1. The molecule has 4 N–H and O–H groups in total. The molecule has 0 fully saturated rings. The third-order valence-corrected chi connectivity index (χ3v) is 1.58. The van der Waals surface area contributed by atoms with E-state index in [0.717, 1.165) is 0 Å². The van der Waals surface area contributed by atoms with E-state index in [0.29, 0.717) is 0 Å². The van der Waals surface area contributed by atoms with Gasteiger partial charge in [0, 0.05) is 0 Å². The molecule has 74 valence electrons. The number of hydrogen-bond acceptors (Lipinski definition) is 7. The van der Waals surface area contributed by atoms with E-state index in [2.05, 4.69) is 14.9 Å². The van der Waals surface area contributed by atoms with Crippen molar-refractivity contribution in [2.24, 2.45) is 0 Å². The molecule has 13 heavy (non-hydrogen) atoms. The van der Waals surface area contributed by atoms with Crippen LogP contribution in [0.2, 0.25) is 0 Å². The third kappa shape index (κ3) is 2.62. The fraction of sp³-hybridized carbons (Fsp3) is 0.333. The van der Waals surface area contributed by atoms with Crippen LogP contribution in [0.3, 0.4) is 0 Å². The zero-order valence-corrected chi connectivity index (χ0v) is 6.76. The van der Waals surface area contributed by atoms with Crippen LogP contribution in [0.5, 0.6) is 6.01 Å². The summed E-state index contributed by atoms with van der Waals surface area (Å²) in [5.41, 5.74) is 0. The molecule has 0 radical (unpaired) electrons. The lowest BCUT2D eigenvalue weighted by molar-refractivity contribution is -0.183. The van der Waals surface area contributed by atoms with Crippen LogP contribution in [0.25, 0.3) is 0 Å². The zero-order chi connectivity index (χ0) is 10.1. The van der Waals surface area contributed by atoms with Crippen molar-refractivity contribution in [1.82, 2.24) is 15.2 Å². The molecule has 0 aliphatic heterocycles. The van der Waals surface area contributed by atoms with Crippen molar-refractivity contribution in [1.29, 1.82) is 0 Å². The van der Waals surface area contributed by atoms with Gasteiger partial charge in [-0.3, -0.25) is 9.54 Å². The number of ether oxygens (including phenoxy) is 1. The van der Waals surface area contributed by atoms with Crippen LogP contribution < -0.4 is 4.74 Å². The van der Waals surface area contributed by atoms with Gasteiger partial charge in [0.15, 0.2) is 0 Å². The largest absolute Gasteiger partial charge is 0.409 e. The molecule has 1 aromatic rings. The van der Waals surface area contributed by atoms with Crippen molar-refractivity contribution in [3.63, 3.8) is 0 Å². The summed E-state index contributed by atoms with van der Waals surface area (Å²) in [5, 5.41) is 21.6. The van der Waals surface area contributed by atoms with Crippen molar-refractivity contribution < 1.29 is 27.9 Å². The first kappa shape index (κ1) is 9.85. The average Bonchev–Trinajstić information content (AvgIpc) is 2.32. The van der Waals surface area contributed by atoms with Crippen LogP contribution in [-0.2, 0) is 10.1 Å². The molecular weight excluding hydrogens is 206 g/mol. The maximum absolute atomic E-state index is 10.4. The van der Waals surface area contributed by atoms with Gasteiger partial charge in [0.25, 0.3) is 5.16 Å². The monoisotopic (exact) mass is 211 g/mol. The molecule has 0 spiro atoms. The quantitative estimate of drug-likeness (QED) is 0.322. The maximum Gasteiger partial charge on any atom is 0.330 e. The Hall–Kier alpha value is -1.23. The van der Waals surface area contributed by atoms with Crippen LogP contribution in [-0.4, -0.2) is 44.8 Å². The summed E-state index contributed by atoms with van der Waals surface area (Å²) in [4.78, 5) is 1.88. The first-order valence-corrected chi connectivity index (χ1v) is 4.26. The molecule has 1 heterocycles. The van der Waals surface area contributed by atoms with Gasteiger partial charge in [0.05, 0.1) is 0 Å². The summed E-state index contributed by atoms with van der Waals surface area (Å²) in [7, 11) is -4.49. The summed E-state index contributed by atoms with van der Waals surface area (Å²) in [5.74, 6) is 0. The highest BCUT2D eigenvalue weighted by Gasteiger charge is 2.16. The predicted molar refractivity (Wildman–Crippen MR) is 35.1 cm³/mol. The highest BCUT2D eigenvalue weighted by Crippen LogP contribution is 2.06. The Balaban J connectivity index is 2.88. The van der Waals surface area contributed by atoms with Crippen molar-refractivity contribution in [2.45, 2.75) is 11.6 Å². The minimum atomic E-state index is -4.49. The van der Waals surface area contributed by atoms with Crippen LogP contribution in [0.15, 0.2) is 5.16 Å². The molecular formula is C3H5N3O6S. The smallest absolute Gasteiger partial charge is 0.330 e. The first-order chi connectivity index (χ1) is 5.89. The van der Waals surface area contributed by atoms with Crippen molar-refractivity contribution in [3.05, 3.63) is 0 Å². The first-order valence-electron chi connectivity index (χ1n) is 2.82. The highest BCUT2D eigenvalue weighted by molar-refractivity contribution is 7.85. The molecule has 1 aromatic heterocycles. The fourth-order valence-corrected chi connectivity index (χ4v) is 0.862. The van der Waals surface area contributed by atoms with E-state index >= 15 is 0 Å². The van der Waals surface area contributed by atoms with Crippen LogP contribution in [0.4, 0.5) is 0 Å². The molecule has 0 aliphatic carbocycles. The molecule has 0 bridgehead atoms. The van der Waals surface area contributed by atoms with Crippen molar-refractivity contribution in [2.75, 3.05) is 0 Å². The minimum Gasteiger partial charge on any atom is -0.409 e. The summed E-state index contributed by atoms with van der Waals surface area (Å²) in [6, 6.07) is -0.539. The predicted octanol–water partition coefficient (Wildman–Crippen LogP) is -2.30. The Morgan fingerprint density at radius 2 is 2.00 bits per heavy atom. The standard InChI is InChI=1S/C3H5N3O6S/c7-3(8)12-1-4-2(6-5-1)13(9,10)11/h3,7-8H,(H,4,5,6)(H,9,10,11).